The van der Waals surface area contributed by atoms with E-state index in [9.17, 15) is 9.90 Å². The summed E-state index contributed by atoms with van der Waals surface area (Å²) in [5, 5.41) is 15.3. The first-order chi connectivity index (χ1) is 13.7. The van der Waals surface area contributed by atoms with Gasteiger partial charge in [0.15, 0.2) is 5.96 Å². The molecule has 8 nitrogen and oxygen atoms in total. The SMILES string of the molecule is CCNC(=NCC(=O)Nc1ccc(O)cc1)N1CCN(c2ccccn2)CC1.I. The molecule has 1 fully saturated rings. The number of amides is 1. The van der Waals surface area contributed by atoms with Crippen molar-refractivity contribution in [2.45, 2.75) is 6.92 Å². The second-order valence-electron chi connectivity index (χ2n) is 6.43. The molecule has 0 atom stereocenters. The van der Waals surface area contributed by atoms with Crippen molar-refractivity contribution in [3.8, 4) is 5.75 Å². The van der Waals surface area contributed by atoms with Crippen molar-refractivity contribution in [1.82, 2.24) is 15.2 Å². The van der Waals surface area contributed by atoms with Crippen LogP contribution in [0.3, 0.4) is 0 Å². The van der Waals surface area contributed by atoms with Crippen LogP contribution in [-0.4, -0.2) is 66.1 Å². The normalized spacial score (nSPS) is 14.2. The number of phenols is 1. The molecule has 9 heteroatoms. The predicted octanol–water partition coefficient (Wildman–Crippen LogP) is 2.13. The van der Waals surface area contributed by atoms with Crippen molar-refractivity contribution in [3.63, 3.8) is 0 Å². The van der Waals surface area contributed by atoms with Crippen LogP contribution in [0.25, 0.3) is 0 Å². The van der Waals surface area contributed by atoms with Gasteiger partial charge >= 0.3 is 0 Å². The van der Waals surface area contributed by atoms with Gasteiger partial charge in [0.2, 0.25) is 5.91 Å². The molecule has 1 aliphatic rings. The molecule has 0 aliphatic carbocycles. The fourth-order valence-corrected chi connectivity index (χ4v) is 3.01. The smallest absolute Gasteiger partial charge is 0.246 e. The van der Waals surface area contributed by atoms with Crippen LogP contribution in [0.15, 0.2) is 53.7 Å². The third kappa shape index (κ3) is 6.77. The highest BCUT2D eigenvalue weighted by molar-refractivity contribution is 14.0. The van der Waals surface area contributed by atoms with Crippen LogP contribution in [0.2, 0.25) is 0 Å². The number of benzene rings is 1. The lowest BCUT2D eigenvalue weighted by atomic mass is 10.3. The summed E-state index contributed by atoms with van der Waals surface area (Å²) in [7, 11) is 0. The highest BCUT2D eigenvalue weighted by Gasteiger charge is 2.20. The molecular formula is C20H27IN6O2. The van der Waals surface area contributed by atoms with E-state index in [1.54, 1.807) is 18.3 Å². The molecule has 3 N–H and O–H groups in total. The Morgan fingerprint density at radius 3 is 2.48 bits per heavy atom. The Hall–Kier alpha value is -2.56. The van der Waals surface area contributed by atoms with Crippen LogP contribution in [0, 0.1) is 0 Å². The minimum atomic E-state index is -0.201. The number of nitrogens with one attached hydrogen (secondary N) is 2. The first-order valence-corrected chi connectivity index (χ1v) is 9.44. The monoisotopic (exact) mass is 510 g/mol. The van der Waals surface area contributed by atoms with Gasteiger partial charge in [0, 0.05) is 44.6 Å². The Labute approximate surface area is 188 Å². The van der Waals surface area contributed by atoms with E-state index in [1.807, 2.05) is 25.1 Å². The van der Waals surface area contributed by atoms with Crippen LogP contribution in [-0.2, 0) is 4.79 Å². The van der Waals surface area contributed by atoms with Gasteiger partial charge in [-0.15, -0.1) is 24.0 Å². The molecule has 2 heterocycles. The van der Waals surface area contributed by atoms with Crippen molar-refractivity contribution < 1.29 is 9.90 Å². The van der Waals surface area contributed by atoms with E-state index < -0.39 is 0 Å². The largest absolute Gasteiger partial charge is 0.508 e. The van der Waals surface area contributed by atoms with Crippen molar-refractivity contribution >= 4 is 47.3 Å². The average molecular weight is 510 g/mol. The van der Waals surface area contributed by atoms with E-state index in [-0.39, 0.29) is 42.2 Å². The Bertz CT molecular complexity index is 792. The van der Waals surface area contributed by atoms with Crippen LogP contribution in [0.5, 0.6) is 5.75 Å². The van der Waals surface area contributed by atoms with Crippen LogP contribution in [0.4, 0.5) is 11.5 Å². The van der Waals surface area contributed by atoms with E-state index in [0.717, 1.165) is 44.5 Å². The first kappa shape index (κ1) is 22.7. The van der Waals surface area contributed by atoms with Crippen molar-refractivity contribution in [2.24, 2.45) is 4.99 Å². The number of nitrogens with zero attached hydrogens (tertiary/aromatic N) is 4. The van der Waals surface area contributed by atoms with Gasteiger partial charge in [-0.05, 0) is 43.3 Å². The number of aromatic hydroxyl groups is 1. The third-order valence-electron chi connectivity index (χ3n) is 4.41. The van der Waals surface area contributed by atoms with Crippen molar-refractivity contribution in [2.75, 3.05) is 49.5 Å². The minimum absolute atomic E-state index is 0. The molecule has 156 valence electrons. The maximum Gasteiger partial charge on any atom is 0.246 e. The molecule has 1 amide bonds. The van der Waals surface area contributed by atoms with Gasteiger partial charge < -0.3 is 25.5 Å². The number of pyridine rings is 1. The van der Waals surface area contributed by atoms with Crippen molar-refractivity contribution in [1.29, 1.82) is 0 Å². The van der Waals surface area contributed by atoms with Gasteiger partial charge in [-0.25, -0.2) is 9.98 Å². The molecule has 3 rings (SSSR count). The lowest BCUT2D eigenvalue weighted by Gasteiger charge is -2.37. The Morgan fingerprint density at radius 2 is 1.86 bits per heavy atom. The lowest BCUT2D eigenvalue weighted by molar-refractivity contribution is -0.114. The van der Waals surface area contributed by atoms with Crippen LogP contribution in [0.1, 0.15) is 6.92 Å². The van der Waals surface area contributed by atoms with E-state index in [2.05, 4.69) is 30.4 Å². The molecule has 29 heavy (non-hydrogen) atoms. The Balaban J connectivity index is 0.00000300. The van der Waals surface area contributed by atoms with E-state index in [1.165, 1.54) is 12.1 Å². The number of carbonyl (C=O) groups is 1. The molecular weight excluding hydrogens is 483 g/mol. The summed E-state index contributed by atoms with van der Waals surface area (Å²) in [5.74, 6) is 1.69. The molecule has 0 bridgehead atoms. The van der Waals surface area contributed by atoms with Gasteiger partial charge in [0.05, 0.1) is 0 Å². The molecule has 0 radical (unpaired) electrons. The fourth-order valence-electron chi connectivity index (χ4n) is 3.01. The standard InChI is InChI=1S/C20H26N6O2.HI/c1-2-21-20(23-15-19(28)24-16-6-8-17(27)9-7-16)26-13-11-25(12-14-26)18-5-3-4-10-22-18;/h3-10,27H,2,11-15H2,1H3,(H,21,23)(H,24,28);1H. The van der Waals surface area contributed by atoms with Crippen molar-refractivity contribution in [3.05, 3.63) is 48.7 Å². The fraction of sp³-hybridized carbons (Fsp3) is 0.350. The molecule has 0 unspecified atom stereocenters. The van der Waals surface area contributed by atoms with Crippen LogP contribution < -0.4 is 15.5 Å². The maximum atomic E-state index is 12.2. The van der Waals surface area contributed by atoms with Gasteiger partial charge in [0.1, 0.15) is 18.1 Å². The van der Waals surface area contributed by atoms with Gasteiger partial charge in [-0.3, -0.25) is 4.79 Å². The summed E-state index contributed by atoms with van der Waals surface area (Å²) >= 11 is 0. The summed E-state index contributed by atoms with van der Waals surface area (Å²) in [4.78, 5) is 25.5. The zero-order valence-corrected chi connectivity index (χ0v) is 18.7. The topological polar surface area (TPSA) is 93.1 Å². The second-order valence-corrected chi connectivity index (χ2v) is 6.43. The Morgan fingerprint density at radius 1 is 1.14 bits per heavy atom. The number of rotatable bonds is 5. The van der Waals surface area contributed by atoms with Gasteiger partial charge in [-0.1, -0.05) is 6.07 Å². The summed E-state index contributed by atoms with van der Waals surface area (Å²) in [6.07, 6.45) is 1.81. The van der Waals surface area contributed by atoms with Gasteiger partial charge in [0.25, 0.3) is 0 Å². The predicted molar refractivity (Wildman–Crippen MR) is 126 cm³/mol. The van der Waals surface area contributed by atoms with Gasteiger partial charge in [-0.2, -0.15) is 0 Å². The Kier molecular flexibility index (Phi) is 8.97. The summed E-state index contributed by atoms with van der Waals surface area (Å²) < 4.78 is 0. The minimum Gasteiger partial charge on any atom is -0.508 e. The summed E-state index contributed by atoms with van der Waals surface area (Å²) in [6.45, 7) is 6.09. The number of phenolic OH excluding ortho intramolecular Hbond substituents is 1. The number of carbonyl (C=O) groups excluding carboxylic acids is 1. The number of hydrogen-bond donors (Lipinski definition) is 3. The maximum absolute atomic E-state index is 12.2. The number of aliphatic imine (C=N–C) groups is 1. The number of guanidine groups is 1. The number of anilines is 2. The second kappa shape index (κ2) is 11.4. The highest BCUT2D eigenvalue weighted by Crippen LogP contribution is 2.14. The number of halogens is 1. The molecule has 0 spiro atoms. The van der Waals surface area contributed by atoms with Crippen LogP contribution >= 0.6 is 24.0 Å². The first-order valence-electron chi connectivity index (χ1n) is 9.44. The molecule has 0 saturated carbocycles. The average Bonchev–Trinajstić information content (AvgIpc) is 2.73. The zero-order valence-electron chi connectivity index (χ0n) is 16.4. The molecule has 1 saturated heterocycles. The molecule has 1 aromatic heterocycles. The lowest BCUT2D eigenvalue weighted by Crippen LogP contribution is -2.53. The molecule has 2 aromatic rings. The zero-order chi connectivity index (χ0) is 19.8. The van der Waals surface area contributed by atoms with E-state index in [4.69, 9.17) is 0 Å². The summed E-state index contributed by atoms with van der Waals surface area (Å²) in [5.41, 5.74) is 0.631. The molecule has 1 aromatic carbocycles. The third-order valence-corrected chi connectivity index (χ3v) is 4.41. The van der Waals surface area contributed by atoms with E-state index in [0.29, 0.717) is 5.69 Å². The highest BCUT2D eigenvalue weighted by atomic mass is 127. The number of aromatic nitrogens is 1. The summed E-state index contributed by atoms with van der Waals surface area (Å²) in [6, 6.07) is 12.3. The molecule has 1 aliphatic heterocycles. The quantitative estimate of drug-likeness (QED) is 0.247. The number of hydrogen-bond acceptors (Lipinski definition) is 5. The van der Waals surface area contributed by atoms with E-state index >= 15 is 0 Å². The number of piperazine rings is 1.